The van der Waals surface area contributed by atoms with Gasteiger partial charge in [0.2, 0.25) is 0 Å². The van der Waals surface area contributed by atoms with Gasteiger partial charge in [-0.15, -0.1) is 11.3 Å². The van der Waals surface area contributed by atoms with Gasteiger partial charge in [0, 0.05) is 0 Å². The molecule has 2 aromatic heterocycles. The first-order valence-corrected chi connectivity index (χ1v) is 7.16. The Morgan fingerprint density at radius 2 is 1.80 bits per heavy atom. The Morgan fingerprint density at radius 3 is 2.27 bits per heavy atom. The third-order valence-corrected chi connectivity index (χ3v) is 5.39. The van der Waals surface area contributed by atoms with E-state index in [1.165, 1.54) is 11.3 Å². The molecule has 0 radical (unpaired) electrons. The van der Waals surface area contributed by atoms with E-state index < -0.39 is 0 Å². The smallest absolute Gasteiger partial charge is 0.172 e. The van der Waals surface area contributed by atoms with Crippen LogP contribution in [0, 0.1) is 3.57 Å². The molecule has 0 saturated heterocycles. The van der Waals surface area contributed by atoms with E-state index >= 15 is 0 Å². The Balaban J connectivity index is 2.55. The van der Waals surface area contributed by atoms with Gasteiger partial charge >= 0.3 is 0 Å². The van der Waals surface area contributed by atoms with Crippen LogP contribution in [0.5, 0.6) is 0 Å². The summed E-state index contributed by atoms with van der Waals surface area (Å²) >= 11 is 18.8. The molecule has 2 rings (SSSR count). The average molecular weight is 436 g/mol. The van der Waals surface area contributed by atoms with Gasteiger partial charge in [0.05, 0.1) is 12.2 Å². The van der Waals surface area contributed by atoms with Gasteiger partial charge in [-0.1, -0.05) is 23.2 Å². The molecule has 0 N–H and O–H groups in total. The topological polar surface area (TPSA) is 25.8 Å². The van der Waals surface area contributed by atoms with Gasteiger partial charge < -0.3 is 0 Å². The van der Waals surface area contributed by atoms with Gasteiger partial charge in [0.1, 0.15) is 10.3 Å². The molecule has 0 aliphatic carbocycles. The van der Waals surface area contributed by atoms with Gasteiger partial charge in [0.25, 0.3) is 0 Å². The summed E-state index contributed by atoms with van der Waals surface area (Å²) < 4.78 is 1.70. The van der Waals surface area contributed by atoms with E-state index in [-0.39, 0.29) is 0 Å². The number of nitrogens with zero attached hydrogens (tertiary/aromatic N) is 2. The van der Waals surface area contributed by atoms with E-state index in [2.05, 4.69) is 25.9 Å². The summed E-state index contributed by atoms with van der Waals surface area (Å²) in [5, 5.41) is 0.769. The van der Waals surface area contributed by atoms with E-state index in [0.29, 0.717) is 19.7 Å². The lowest BCUT2D eigenvalue weighted by atomic mass is 10.4. The van der Waals surface area contributed by atoms with Crippen LogP contribution < -0.4 is 0 Å². The van der Waals surface area contributed by atoms with Crippen molar-refractivity contribution in [1.29, 1.82) is 0 Å². The maximum atomic E-state index is 5.93. The summed E-state index contributed by atoms with van der Waals surface area (Å²) in [6.45, 7) is 0. The maximum Gasteiger partial charge on any atom is 0.172 e. The largest absolute Gasteiger partial charge is 0.214 e. The van der Waals surface area contributed by atoms with Crippen LogP contribution in [0.25, 0.3) is 10.7 Å². The number of thiophene rings is 1. The molecule has 0 spiro atoms. The predicted octanol–water partition coefficient (Wildman–Crippen LogP) is 4.88. The van der Waals surface area contributed by atoms with E-state index in [1.807, 2.05) is 34.7 Å². The van der Waals surface area contributed by atoms with Gasteiger partial charge in [-0.05, 0) is 50.7 Å². The highest BCUT2D eigenvalue weighted by molar-refractivity contribution is 14.1. The molecule has 0 atom stereocenters. The molecule has 0 amide bonds. The SMILES string of the molecule is Clc1nc(-c2ccc(Br)s2)nc(Cl)c1I. The molecule has 0 unspecified atom stereocenters. The molecule has 2 heterocycles. The van der Waals surface area contributed by atoms with Crippen molar-refractivity contribution in [3.63, 3.8) is 0 Å². The lowest BCUT2D eigenvalue weighted by Crippen LogP contribution is -1.91. The number of halogens is 4. The molecule has 0 saturated carbocycles. The normalized spacial score (nSPS) is 10.7. The van der Waals surface area contributed by atoms with Crippen LogP contribution in [-0.4, -0.2) is 9.97 Å². The average Bonchev–Trinajstić information content (AvgIpc) is 2.60. The fourth-order valence-corrected chi connectivity index (χ4v) is 2.89. The summed E-state index contributed by atoms with van der Waals surface area (Å²) in [5.41, 5.74) is 0. The molecule has 7 heteroatoms. The highest BCUT2D eigenvalue weighted by Gasteiger charge is 2.11. The maximum absolute atomic E-state index is 5.93. The van der Waals surface area contributed by atoms with Crippen LogP contribution in [0.4, 0.5) is 0 Å². The van der Waals surface area contributed by atoms with Crippen molar-refractivity contribution in [2.75, 3.05) is 0 Å². The zero-order valence-electron chi connectivity index (χ0n) is 6.97. The molecule has 0 aliphatic heterocycles. The molecule has 78 valence electrons. The predicted molar refractivity (Wildman–Crippen MR) is 75.8 cm³/mol. The number of hydrogen-bond donors (Lipinski definition) is 0. The third-order valence-electron chi connectivity index (χ3n) is 1.56. The van der Waals surface area contributed by atoms with Crippen molar-refractivity contribution < 1.29 is 0 Å². The van der Waals surface area contributed by atoms with Gasteiger partial charge in [-0.2, -0.15) is 0 Å². The van der Waals surface area contributed by atoms with E-state index in [9.17, 15) is 0 Å². The van der Waals surface area contributed by atoms with Gasteiger partial charge in [-0.25, -0.2) is 9.97 Å². The highest BCUT2D eigenvalue weighted by atomic mass is 127. The first-order valence-electron chi connectivity index (χ1n) is 3.72. The molecular formula is C8H2BrCl2IN2S. The van der Waals surface area contributed by atoms with E-state index in [0.717, 1.165) is 8.66 Å². The van der Waals surface area contributed by atoms with Crippen molar-refractivity contribution in [3.8, 4) is 10.7 Å². The molecule has 0 aromatic carbocycles. The van der Waals surface area contributed by atoms with Crippen LogP contribution >= 0.6 is 73.1 Å². The number of aromatic nitrogens is 2. The minimum Gasteiger partial charge on any atom is -0.214 e. The molecular weight excluding hydrogens is 434 g/mol. The zero-order chi connectivity index (χ0) is 11.0. The van der Waals surface area contributed by atoms with Crippen molar-refractivity contribution in [2.45, 2.75) is 0 Å². The monoisotopic (exact) mass is 434 g/mol. The van der Waals surface area contributed by atoms with Crippen LogP contribution in [0.2, 0.25) is 10.3 Å². The first kappa shape index (κ1) is 12.0. The second kappa shape index (κ2) is 4.83. The molecule has 15 heavy (non-hydrogen) atoms. The van der Waals surface area contributed by atoms with Crippen LogP contribution in [0.3, 0.4) is 0 Å². The second-order valence-electron chi connectivity index (χ2n) is 2.55. The summed E-state index contributed by atoms with van der Waals surface area (Å²) in [7, 11) is 0. The van der Waals surface area contributed by atoms with Crippen LogP contribution in [0.1, 0.15) is 0 Å². The minimum absolute atomic E-state index is 0.384. The Hall–Kier alpha value is 0.570. The Kier molecular flexibility index (Phi) is 3.88. The van der Waals surface area contributed by atoms with Crippen molar-refractivity contribution in [1.82, 2.24) is 9.97 Å². The summed E-state index contributed by atoms with van der Waals surface area (Å²) in [6, 6.07) is 3.85. The Bertz CT molecular complexity index is 494. The van der Waals surface area contributed by atoms with Crippen LogP contribution in [-0.2, 0) is 0 Å². The Labute approximate surface area is 122 Å². The Morgan fingerprint density at radius 1 is 1.20 bits per heavy atom. The fraction of sp³-hybridized carbons (Fsp3) is 0. The summed E-state index contributed by atoms with van der Waals surface area (Å²) in [4.78, 5) is 9.27. The molecule has 2 aromatic rings. The van der Waals surface area contributed by atoms with Crippen molar-refractivity contribution >= 4 is 73.1 Å². The summed E-state index contributed by atoms with van der Waals surface area (Å²) in [5.74, 6) is 0.557. The van der Waals surface area contributed by atoms with E-state index in [1.54, 1.807) is 0 Å². The lowest BCUT2D eigenvalue weighted by molar-refractivity contribution is 1.17. The molecule has 0 fully saturated rings. The molecule has 0 aliphatic rings. The first-order chi connectivity index (χ1) is 7.08. The second-order valence-corrected chi connectivity index (χ2v) is 6.80. The lowest BCUT2D eigenvalue weighted by Gasteiger charge is -2.00. The quantitative estimate of drug-likeness (QED) is 0.471. The van der Waals surface area contributed by atoms with Gasteiger partial charge in [0.15, 0.2) is 5.82 Å². The van der Waals surface area contributed by atoms with Crippen molar-refractivity contribution in [2.24, 2.45) is 0 Å². The minimum atomic E-state index is 0.384. The summed E-state index contributed by atoms with van der Waals surface area (Å²) in [6.07, 6.45) is 0. The number of rotatable bonds is 1. The number of hydrogen-bond acceptors (Lipinski definition) is 3. The molecule has 0 bridgehead atoms. The molecule has 2 nitrogen and oxygen atoms in total. The standard InChI is InChI=1S/C8H2BrCl2IN2S/c9-4-2-1-3(15-4)8-13-6(10)5(12)7(11)14-8/h1-2H. The van der Waals surface area contributed by atoms with Gasteiger partial charge in [-0.3, -0.25) is 0 Å². The third kappa shape index (κ3) is 2.63. The van der Waals surface area contributed by atoms with Crippen LogP contribution in [0.15, 0.2) is 15.9 Å². The van der Waals surface area contributed by atoms with Crippen molar-refractivity contribution in [3.05, 3.63) is 29.8 Å². The highest BCUT2D eigenvalue weighted by Crippen LogP contribution is 2.32. The fourth-order valence-electron chi connectivity index (χ4n) is 0.939. The zero-order valence-corrected chi connectivity index (χ0v) is 13.0. The van der Waals surface area contributed by atoms with E-state index in [4.69, 9.17) is 23.2 Å².